The van der Waals surface area contributed by atoms with E-state index < -0.39 is 0 Å². The first-order valence-corrected chi connectivity index (χ1v) is 11.0. The van der Waals surface area contributed by atoms with Gasteiger partial charge >= 0.3 is 0 Å². The standard InChI is InChI=1S/C19H19BrN2O2S2/c1-11-8-12(2)17-14(9-11)21-19(26-17)22(10-13-4-3-7-24-13)18(23)15-5-6-16(20)25-15/h5-6,8-9,13H,3-4,7,10H2,1-2H3/t13-/m0/s1. The lowest BCUT2D eigenvalue weighted by Crippen LogP contribution is -2.37. The Morgan fingerprint density at radius 2 is 2.19 bits per heavy atom. The molecular weight excluding hydrogens is 432 g/mol. The Bertz CT molecular complexity index is 960. The number of hydrogen-bond donors (Lipinski definition) is 0. The van der Waals surface area contributed by atoms with E-state index in [2.05, 4.69) is 41.9 Å². The average Bonchev–Trinajstić information content (AvgIpc) is 3.32. The third-order valence-electron chi connectivity index (χ3n) is 4.48. The zero-order valence-corrected chi connectivity index (χ0v) is 17.8. The quantitative estimate of drug-likeness (QED) is 0.522. The molecule has 3 heterocycles. The van der Waals surface area contributed by atoms with E-state index in [1.807, 2.05) is 12.1 Å². The number of benzene rings is 1. The zero-order valence-electron chi connectivity index (χ0n) is 14.6. The monoisotopic (exact) mass is 450 g/mol. The maximum atomic E-state index is 13.2. The van der Waals surface area contributed by atoms with E-state index in [9.17, 15) is 4.79 Å². The highest BCUT2D eigenvalue weighted by Gasteiger charge is 2.28. The Morgan fingerprint density at radius 3 is 2.88 bits per heavy atom. The van der Waals surface area contributed by atoms with Gasteiger partial charge in [0.1, 0.15) is 0 Å². The first-order chi connectivity index (χ1) is 12.5. The molecule has 0 bridgehead atoms. The smallest absolute Gasteiger partial charge is 0.270 e. The van der Waals surface area contributed by atoms with Crippen LogP contribution in [0.4, 0.5) is 5.13 Å². The molecule has 1 fully saturated rings. The second kappa shape index (κ2) is 7.38. The molecule has 0 spiro atoms. The molecule has 1 aromatic carbocycles. The maximum Gasteiger partial charge on any atom is 0.270 e. The number of thiophene rings is 1. The van der Waals surface area contributed by atoms with Crippen LogP contribution in [0.25, 0.3) is 10.2 Å². The molecule has 2 aromatic heterocycles. The first-order valence-electron chi connectivity index (χ1n) is 8.58. The normalized spacial score (nSPS) is 17.1. The molecule has 1 atom stereocenters. The Morgan fingerprint density at radius 1 is 1.35 bits per heavy atom. The number of fused-ring (bicyclic) bond motifs is 1. The van der Waals surface area contributed by atoms with Crippen molar-refractivity contribution < 1.29 is 9.53 Å². The van der Waals surface area contributed by atoms with E-state index >= 15 is 0 Å². The molecule has 0 aliphatic carbocycles. The third-order valence-corrected chi connectivity index (χ3v) is 7.32. The summed E-state index contributed by atoms with van der Waals surface area (Å²) in [5.74, 6) is -0.00960. The summed E-state index contributed by atoms with van der Waals surface area (Å²) in [4.78, 5) is 20.5. The number of ether oxygens (including phenoxy) is 1. The van der Waals surface area contributed by atoms with Crippen LogP contribution in [-0.2, 0) is 4.74 Å². The van der Waals surface area contributed by atoms with E-state index in [1.165, 1.54) is 22.5 Å². The van der Waals surface area contributed by atoms with Crippen LogP contribution >= 0.6 is 38.6 Å². The number of carbonyl (C=O) groups is 1. The Hall–Kier alpha value is -1.28. The van der Waals surface area contributed by atoms with Gasteiger partial charge in [-0.1, -0.05) is 17.4 Å². The molecule has 0 unspecified atom stereocenters. The minimum Gasteiger partial charge on any atom is -0.376 e. The fourth-order valence-electron chi connectivity index (χ4n) is 3.28. The molecule has 4 nitrogen and oxygen atoms in total. The number of rotatable bonds is 4. The summed E-state index contributed by atoms with van der Waals surface area (Å²) >= 11 is 6.49. The molecule has 0 N–H and O–H groups in total. The molecule has 7 heteroatoms. The highest BCUT2D eigenvalue weighted by Crippen LogP contribution is 2.34. The van der Waals surface area contributed by atoms with Gasteiger partial charge < -0.3 is 4.74 Å². The van der Waals surface area contributed by atoms with Crippen LogP contribution < -0.4 is 4.90 Å². The van der Waals surface area contributed by atoms with Gasteiger partial charge in [0.15, 0.2) is 5.13 Å². The van der Waals surface area contributed by atoms with Crippen LogP contribution in [0.2, 0.25) is 0 Å². The average molecular weight is 451 g/mol. The van der Waals surface area contributed by atoms with E-state index in [4.69, 9.17) is 9.72 Å². The molecule has 0 saturated carbocycles. The minimum absolute atomic E-state index is 0.00960. The maximum absolute atomic E-state index is 13.2. The van der Waals surface area contributed by atoms with Crippen molar-refractivity contribution in [2.45, 2.75) is 32.8 Å². The molecule has 1 aliphatic rings. The van der Waals surface area contributed by atoms with Gasteiger partial charge in [0.05, 0.1) is 31.5 Å². The van der Waals surface area contributed by atoms with E-state index in [0.717, 1.165) is 38.6 Å². The largest absolute Gasteiger partial charge is 0.376 e. The van der Waals surface area contributed by atoms with Gasteiger partial charge in [-0.25, -0.2) is 4.98 Å². The topological polar surface area (TPSA) is 42.4 Å². The first kappa shape index (κ1) is 18.1. The van der Waals surface area contributed by atoms with E-state index in [0.29, 0.717) is 11.4 Å². The number of nitrogens with zero attached hydrogens (tertiary/aromatic N) is 2. The summed E-state index contributed by atoms with van der Waals surface area (Å²) in [5, 5.41) is 0.749. The number of hydrogen-bond acceptors (Lipinski definition) is 5. The van der Waals surface area contributed by atoms with Gasteiger partial charge in [-0.3, -0.25) is 9.69 Å². The van der Waals surface area contributed by atoms with Crippen molar-refractivity contribution in [2.24, 2.45) is 0 Å². The van der Waals surface area contributed by atoms with Crippen molar-refractivity contribution in [3.05, 3.63) is 44.1 Å². The Kier molecular flexibility index (Phi) is 5.14. The summed E-state index contributed by atoms with van der Waals surface area (Å²) in [5.41, 5.74) is 3.35. The predicted molar refractivity (Wildman–Crippen MR) is 112 cm³/mol. The van der Waals surface area contributed by atoms with Gasteiger partial charge in [-0.15, -0.1) is 11.3 Å². The lowest BCUT2D eigenvalue weighted by Gasteiger charge is -2.22. The lowest BCUT2D eigenvalue weighted by molar-refractivity contribution is 0.0920. The Labute approximate surface area is 168 Å². The molecule has 26 heavy (non-hydrogen) atoms. The van der Waals surface area contributed by atoms with Gasteiger partial charge in [0, 0.05) is 6.61 Å². The SMILES string of the molecule is Cc1cc(C)c2sc(N(C[C@@H]3CCCO3)C(=O)c3ccc(Br)s3)nc2c1. The molecule has 1 amide bonds. The molecule has 4 rings (SSSR count). The third kappa shape index (κ3) is 3.58. The van der Waals surface area contributed by atoms with Gasteiger partial charge in [0.25, 0.3) is 5.91 Å². The number of carbonyl (C=O) groups excluding carboxylic acids is 1. The van der Waals surface area contributed by atoms with E-state index in [1.54, 1.807) is 16.2 Å². The summed E-state index contributed by atoms with van der Waals surface area (Å²) in [6, 6.07) is 8.02. The number of thiazole rings is 1. The summed E-state index contributed by atoms with van der Waals surface area (Å²) < 4.78 is 7.88. The number of halogens is 1. The van der Waals surface area contributed by atoms with Crippen LogP contribution in [-0.4, -0.2) is 30.1 Å². The van der Waals surface area contributed by atoms with Crippen molar-refractivity contribution in [2.75, 3.05) is 18.1 Å². The predicted octanol–water partition coefficient (Wildman–Crippen LogP) is 5.56. The summed E-state index contributed by atoms with van der Waals surface area (Å²) in [6.45, 7) is 5.49. The van der Waals surface area contributed by atoms with Crippen molar-refractivity contribution >= 4 is 59.9 Å². The highest BCUT2D eigenvalue weighted by atomic mass is 79.9. The van der Waals surface area contributed by atoms with Crippen molar-refractivity contribution in [1.82, 2.24) is 4.98 Å². The molecule has 3 aromatic rings. The van der Waals surface area contributed by atoms with Crippen LogP contribution in [0.15, 0.2) is 28.1 Å². The van der Waals surface area contributed by atoms with Crippen LogP contribution in [0.3, 0.4) is 0 Å². The second-order valence-corrected chi connectivity index (χ2v) is 10.0. The number of aryl methyl sites for hydroxylation is 2. The fourth-order valence-corrected chi connectivity index (χ4v) is 5.64. The van der Waals surface area contributed by atoms with Crippen molar-refractivity contribution in [1.29, 1.82) is 0 Å². The lowest BCUT2D eigenvalue weighted by atomic mass is 10.1. The molecule has 1 aliphatic heterocycles. The van der Waals surface area contributed by atoms with Crippen molar-refractivity contribution in [3.8, 4) is 0 Å². The number of amides is 1. The Balaban J connectivity index is 1.74. The van der Waals surface area contributed by atoms with Gasteiger partial charge in [-0.05, 0) is 71.9 Å². The van der Waals surface area contributed by atoms with Gasteiger partial charge in [0.2, 0.25) is 0 Å². The van der Waals surface area contributed by atoms with Crippen LogP contribution in [0.5, 0.6) is 0 Å². The second-order valence-electron chi connectivity index (χ2n) is 6.58. The minimum atomic E-state index is -0.00960. The zero-order chi connectivity index (χ0) is 18.3. The van der Waals surface area contributed by atoms with Gasteiger partial charge in [-0.2, -0.15) is 0 Å². The number of aromatic nitrogens is 1. The highest BCUT2D eigenvalue weighted by molar-refractivity contribution is 9.11. The summed E-state index contributed by atoms with van der Waals surface area (Å²) in [6.07, 6.45) is 2.12. The van der Waals surface area contributed by atoms with E-state index in [-0.39, 0.29) is 12.0 Å². The fraction of sp³-hybridized carbons (Fsp3) is 0.368. The number of anilines is 1. The summed E-state index contributed by atoms with van der Waals surface area (Å²) in [7, 11) is 0. The molecule has 1 saturated heterocycles. The van der Waals surface area contributed by atoms with Crippen LogP contribution in [0.1, 0.15) is 33.6 Å². The molecular formula is C19H19BrN2O2S2. The molecule has 136 valence electrons. The van der Waals surface area contributed by atoms with Crippen LogP contribution in [0, 0.1) is 13.8 Å². The van der Waals surface area contributed by atoms with Crippen molar-refractivity contribution in [3.63, 3.8) is 0 Å². The molecule has 0 radical (unpaired) electrons.